The zero-order valence-electron chi connectivity index (χ0n) is 10.3. The molecule has 7 nitrogen and oxygen atoms in total. The molecule has 0 bridgehead atoms. The van der Waals surface area contributed by atoms with Crippen molar-refractivity contribution in [3.63, 3.8) is 0 Å². The smallest absolute Gasteiger partial charge is 0.252 e. The maximum absolute atomic E-state index is 11.8. The molecule has 0 radical (unpaired) electrons. The van der Waals surface area contributed by atoms with Crippen LogP contribution in [0.1, 0.15) is 16.2 Å². The van der Waals surface area contributed by atoms with Gasteiger partial charge in [-0.25, -0.2) is 9.97 Å². The highest BCUT2D eigenvalue weighted by Crippen LogP contribution is 2.16. The molecule has 0 aromatic carbocycles. The lowest BCUT2D eigenvalue weighted by molar-refractivity contribution is 0.0953. The van der Waals surface area contributed by atoms with Gasteiger partial charge in [-0.15, -0.1) is 0 Å². The number of nitrogen functional groups attached to an aromatic ring is 1. The van der Waals surface area contributed by atoms with E-state index >= 15 is 0 Å². The molecule has 8 heteroatoms. The van der Waals surface area contributed by atoms with Crippen LogP contribution in [0.25, 0.3) is 0 Å². The van der Waals surface area contributed by atoms with Crippen LogP contribution in [-0.2, 0) is 13.5 Å². The molecule has 19 heavy (non-hydrogen) atoms. The van der Waals surface area contributed by atoms with E-state index in [-0.39, 0.29) is 16.7 Å². The van der Waals surface area contributed by atoms with E-state index in [2.05, 4.69) is 20.4 Å². The molecular weight excluding hydrogens is 268 g/mol. The lowest BCUT2D eigenvalue weighted by Gasteiger charge is -2.04. The first-order chi connectivity index (χ1) is 9.06. The number of carbonyl (C=O) groups is 1. The molecule has 0 aliphatic heterocycles. The highest BCUT2D eigenvalue weighted by Gasteiger charge is 2.08. The van der Waals surface area contributed by atoms with E-state index in [0.29, 0.717) is 24.4 Å². The summed E-state index contributed by atoms with van der Waals surface area (Å²) in [7, 11) is 1.79. The van der Waals surface area contributed by atoms with Crippen LogP contribution in [0.4, 0.5) is 5.82 Å². The highest BCUT2D eigenvalue weighted by atomic mass is 35.5. The van der Waals surface area contributed by atoms with Gasteiger partial charge in [-0.2, -0.15) is 5.10 Å². The molecule has 0 unspecified atom stereocenters. The molecule has 0 saturated heterocycles. The Bertz CT molecular complexity index is 597. The summed E-state index contributed by atoms with van der Waals surface area (Å²) < 4.78 is 1.61. The van der Waals surface area contributed by atoms with Crippen molar-refractivity contribution < 1.29 is 4.79 Å². The molecule has 2 aromatic rings. The monoisotopic (exact) mass is 280 g/mol. The first-order valence-corrected chi connectivity index (χ1v) is 5.98. The number of aromatic nitrogens is 4. The third-order valence-electron chi connectivity index (χ3n) is 2.41. The lowest BCUT2D eigenvalue weighted by atomic mass is 10.2. The van der Waals surface area contributed by atoms with Crippen LogP contribution in [0, 0.1) is 0 Å². The number of nitrogens with two attached hydrogens (primary N) is 1. The highest BCUT2D eigenvalue weighted by molar-refractivity contribution is 6.33. The van der Waals surface area contributed by atoms with Crippen LogP contribution in [-0.4, -0.2) is 32.2 Å². The number of nitrogens with zero attached hydrogens (tertiary/aromatic N) is 4. The van der Waals surface area contributed by atoms with Gasteiger partial charge >= 0.3 is 0 Å². The molecule has 2 heterocycles. The fourth-order valence-electron chi connectivity index (χ4n) is 1.46. The Morgan fingerprint density at radius 2 is 2.32 bits per heavy atom. The zero-order valence-corrected chi connectivity index (χ0v) is 11.1. The number of hydrogen-bond donors (Lipinski definition) is 2. The topological polar surface area (TPSA) is 98.7 Å². The summed E-state index contributed by atoms with van der Waals surface area (Å²) in [5.41, 5.74) is 5.84. The second-order valence-corrected chi connectivity index (χ2v) is 4.34. The van der Waals surface area contributed by atoms with Crippen LogP contribution in [0.3, 0.4) is 0 Å². The average molecular weight is 281 g/mol. The van der Waals surface area contributed by atoms with Crippen LogP contribution in [0.15, 0.2) is 18.6 Å². The van der Waals surface area contributed by atoms with E-state index in [4.69, 9.17) is 17.3 Å². The standard InChI is InChI=1S/C11H13ClN6O/c1-18-6-16-9(17-18)2-3-14-11(19)7-4-8(12)10(13)15-5-7/h4-6H,2-3H2,1H3,(H2,13,15)(H,14,19). The van der Waals surface area contributed by atoms with E-state index in [1.54, 1.807) is 18.1 Å². The van der Waals surface area contributed by atoms with E-state index in [1.165, 1.54) is 12.3 Å². The maximum Gasteiger partial charge on any atom is 0.252 e. The summed E-state index contributed by atoms with van der Waals surface area (Å²) in [4.78, 5) is 19.7. The molecule has 2 rings (SSSR count). The molecule has 0 spiro atoms. The number of rotatable bonds is 4. The van der Waals surface area contributed by atoms with E-state index in [0.717, 1.165) is 0 Å². The predicted octanol–water partition coefficient (Wildman–Crippen LogP) is 0.418. The van der Waals surface area contributed by atoms with Gasteiger partial charge in [0.05, 0.1) is 10.6 Å². The summed E-state index contributed by atoms with van der Waals surface area (Å²) in [6.07, 6.45) is 3.55. The molecular formula is C11H13ClN6O. The van der Waals surface area contributed by atoms with Crippen molar-refractivity contribution >= 4 is 23.3 Å². The van der Waals surface area contributed by atoms with Gasteiger partial charge in [-0.1, -0.05) is 11.6 Å². The Morgan fingerprint density at radius 1 is 1.53 bits per heavy atom. The fraction of sp³-hybridized carbons (Fsp3) is 0.273. The van der Waals surface area contributed by atoms with Crippen LogP contribution in [0.5, 0.6) is 0 Å². The summed E-state index contributed by atoms with van der Waals surface area (Å²) in [6.45, 7) is 0.435. The Hall–Kier alpha value is -2.15. The minimum atomic E-state index is -0.259. The van der Waals surface area contributed by atoms with Gasteiger partial charge < -0.3 is 11.1 Å². The quantitative estimate of drug-likeness (QED) is 0.845. The van der Waals surface area contributed by atoms with Crippen molar-refractivity contribution in [2.45, 2.75) is 6.42 Å². The van der Waals surface area contributed by atoms with Crippen molar-refractivity contribution in [3.8, 4) is 0 Å². The number of anilines is 1. The van der Waals surface area contributed by atoms with Gasteiger partial charge in [-0.3, -0.25) is 9.48 Å². The van der Waals surface area contributed by atoms with Crippen molar-refractivity contribution in [1.82, 2.24) is 25.1 Å². The number of pyridine rings is 1. The molecule has 0 aliphatic rings. The summed E-state index contributed by atoms with van der Waals surface area (Å²) in [5.74, 6) is 0.623. The van der Waals surface area contributed by atoms with Crippen molar-refractivity contribution in [1.29, 1.82) is 0 Å². The van der Waals surface area contributed by atoms with Crippen LogP contribution >= 0.6 is 11.6 Å². The minimum Gasteiger partial charge on any atom is -0.382 e. The van der Waals surface area contributed by atoms with Crippen LogP contribution in [0.2, 0.25) is 5.02 Å². The third kappa shape index (κ3) is 3.41. The van der Waals surface area contributed by atoms with E-state index in [9.17, 15) is 4.79 Å². The third-order valence-corrected chi connectivity index (χ3v) is 2.72. The zero-order chi connectivity index (χ0) is 13.8. The Labute approximate surface area is 114 Å². The normalized spacial score (nSPS) is 10.4. The second-order valence-electron chi connectivity index (χ2n) is 3.93. The second kappa shape index (κ2) is 5.66. The number of carbonyl (C=O) groups excluding carboxylic acids is 1. The first-order valence-electron chi connectivity index (χ1n) is 5.60. The first kappa shape index (κ1) is 13.3. The molecule has 1 amide bonds. The van der Waals surface area contributed by atoms with E-state index < -0.39 is 0 Å². The molecule has 0 atom stereocenters. The minimum absolute atomic E-state index is 0.205. The van der Waals surface area contributed by atoms with Crippen molar-refractivity contribution in [3.05, 3.63) is 35.0 Å². The van der Waals surface area contributed by atoms with Gasteiger partial charge in [0.25, 0.3) is 5.91 Å². The summed E-state index contributed by atoms with van der Waals surface area (Å²) in [6, 6.07) is 1.48. The molecule has 0 saturated carbocycles. The number of amides is 1. The molecule has 100 valence electrons. The molecule has 3 N–H and O–H groups in total. The molecule has 2 aromatic heterocycles. The van der Waals surface area contributed by atoms with Gasteiger partial charge in [0.1, 0.15) is 12.1 Å². The summed E-state index contributed by atoms with van der Waals surface area (Å²) in [5, 5.41) is 7.11. The van der Waals surface area contributed by atoms with Gasteiger partial charge in [0, 0.05) is 26.2 Å². The number of halogens is 1. The number of nitrogens with one attached hydrogen (secondary N) is 1. The van der Waals surface area contributed by atoms with Crippen molar-refractivity contribution in [2.24, 2.45) is 7.05 Å². The van der Waals surface area contributed by atoms with Crippen molar-refractivity contribution in [2.75, 3.05) is 12.3 Å². The van der Waals surface area contributed by atoms with Crippen LogP contribution < -0.4 is 11.1 Å². The Balaban J connectivity index is 1.89. The largest absolute Gasteiger partial charge is 0.382 e. The number of aryl methyl sites for hydroxylation is 1. The Morgan fingerprint density at radius 3 is 2.95 bits per heavy atom. The Kier molecular flexibility index (Phi) is 3.96. The fourth-order valence-corrected chi connectivity index (χ4v) is 1.63. The maximum atomic E-state index is 11.8. The molecule has 0 fully saturated rings. The lowest BCUT2D eigenvalue weighted by Crippen LogP contribution is -2.26. The van der Waals surface area contributed by atoms with E-state index in [1.807, 2.05) is 0 Å². The van der Waals surface area contributed by atoms with Gasteiger partial charge in [-0.05, 0) is 6.07 Å². The molecule has 0 aliphatic carbocycles. The van der Waals surface area contributed by atoms with Gasteiger partial charge in [0.2, 0.25) is 0 Å². The number of hydrogen-bond acceptors (Lipinski definition) is 5. The van der Waals surface area contributed by atoms with Gasteiger partial charge in [0.15, 0.2) is 5.82 Å². The SMILES string of the molecule is Cn1cnc(CCNC(=O)c2cnc(N)c(Cl)c2)n1. The predicted molar refractivity (Wildman–Crippen MR) is 70.7 cm³/mol. The summed E-state index contributed by atoms with van der Waals surface area (Å²) >= 11 is 5.80. The average Bonchev–Trinajstić information content (AvgIpc) is 2.78.